The second-order valence-corrected chi connectivity index (χ2v) is 10.4. The highest BCUT2D eigenvalue weighted by molar-refractivity contribution is 8.00. The molecule has 1 aliphatic heterocycles. The van der Waals surface area contributed by atoms with Gasteiger partial charge in [-0.15, -0.1) is 11.8 Å². The number of rotatable bonds is 7. The van der Waals surface area contributed by atoms with Crippen molar-refractivity contribution in [1.29, 1.82) is 0 Å². The van der Waals surface area contributed by atoms with E-state index < -0.39 is 12.0 Å². The van der Waals surface area contributed by atoms with Crippen LogP contribution in [0.5, 0.6) is 0 Å². The fourth-order valence-electron chi connectivity index (χ4n) is 3.97. The normalized spacial score (nSPS) is 18.8. The molecule has 1 saturated heterocycles. The molecule has 3 rings (SSSR count). The van der Waals surface area contributed by atoms with Gasteiger partial charge in [0.15, 0.2) is 0 Å². The minimum Gasteiger partial charge on any atom is -0.480 e. The summed E-state index contributed by atoms with van der Waals surface area (Å²) in [5.41, 5.74) is 0.692. The molecule has 1 atom stereocenters. The number of carbonyl (C=O) groups excluding carboxylic acids is 2. The molecule has 2 amide bonds. The van der Waals surface area contributed by atoms with Crippen LogP contribution >= 0.6 is 35.0 Å². The van der Waals surface area contributed by atoms with Crippen molar-refractivity contribution < 1.29 is 19.5 Å². The highest BCUT2D eigenvalue weighted by Gasteiger charge is 2.28. The Balaban J connectivity index is 1.53. The van der Waals surface area contributed by atoms with Crippen molar-refractivity contribution in [1.82, 2.24) is 10.2 Å². The molecule has 0 radical (unpaired) electrons. The quantitative estimate of drug-likeness (QED) is 0.523. The van der Waals surface area contributed by atoms with Gasteiger partial charge in [-0.2, -0.15) is 0 Å². The van der Waals surface area contributed by atoms with Gasteiger partial charge in [0.1, 0.15) is 6.04 Å². The summed E-state index contributed by atoms with van der Waals surface area (Å²) < 4.78 is 0. The molecule has 0 aromatic heterocycles. The minimum absolute atomic E-state index is 0.153. The molecule has 9 heteroatoms. The number of carboxylic acid groups (broad SMARTS) is 1. The zero-order valence-electron chi connectivity index (χ0n) is 18.0. The number of aliphatic carboxylic acids is 1. The molecule has 174 valence electrons. The third-order valence-electron chi connectivity index (χ3n) is 5.98. The van der Waals surface area contributed by atoms with Crippen LogP contribution in [-0.2, 0) is 14.4 Å². The largest absolute Gasteiger partial charge is 0.480 e. The monoisotopic (exact) mass is 498 g/mol. The summed E-state index contributed by atoms with van der Waals surface area (Å²) in [6.45, 7) is 2.31. The maximum Gasteiger partial charge on any atom is 0.325 e. The summed E-state index contributed by atoms with van der Waals surface area (Å²) in [6, 6.07) is 2.92. The van der Waals surface area contributed by atoms with Gasteiger partial charge in [-0.1, -0.05) is 42.1 Å². The highest BCUT2D eigenvalue weighted by atomic mass is 35.5. The smallest absolute Gasteiger partial charge is 0.325 e. The first kappa shape index (κ1) is 24.9. The molecule has 0 spiro atoms. The van der Waals surface area contributed by atoms with E-state index in [0.717, 1.165) is 4.90 Å². The van der Waals surface area contributed by atoms with Crippen molar-refractivity contribution in [3.05, 3.63) is 33.8 Å². The molecular weight excluding hydrogens is 471 g/mol. The number of thioether (sulfide) groups is 1. The van der Waals surface area contributed by atoms with Crippen LogP contribution in [0, 0.1) is 5.92 Å². The fourth-order valence-corrected chi connectivity index (χ4v) is 5.84. The van der Waals surface area contributed by atoms with Crippen molar-refractivity contribution in [3.63, 3.8) is 0 Å². The standard InChI is InChI=1S/C23H28Cl2N2O4S/c1-14(23(30)31)26-22(29)16-10-12-27(13-11-16)19(28)9-7-15-6-8-18(21(25)20(15)24)32-17-4-2-3-5-17/h6-9,14,16-17H,2-5,10-13H2,1H3,(H,26,29)(H,30,31). The number of nitrogens with zero attached hydrogens (tertiary/aromatic N) is 1. The van der Waals surface area contributed by atoms with E-state index in [9.17, 15) is 14.4 Å². The maximum atomic E-state index is 12.6. The van der Waals surface area contributed by atoms with Crippen LogP contribution in [0.25, 0.3) is 6.08 Å². The Labute approximate surface area is 202 Å². The summed E-state index contributed by atoms with van der Waals surface area (Å²) in [6.07, 6.45) is 9.07. The number of carboxylic acids is 1. The molecular formula is C23H28Cl2N2O4S. The topological polar surface area (TPSA) is 86.7 Å². The van der Waals surface area contributed by atoms with E-state index in [1.807, 2.05) is 12.1 Å². The van der Waals surface area contributed by atoms with Gasteiger partial charge < -0.3 is 15.3 Å². The zero-order chi connectivity index (χ0) is 23.3. The Bertz CT molecular complexity index is 894. The summed E-state index contributed by atoms with van der Waals surface area (Å²) in [5.74, 6) is -1.79. The van der Waals surface area contributed by atoms with Gasteiger partial charge in [0.05, 0.1) is 10.0 Å². The molecule has 2 fully saturated rings. The van der Waals surface area contributed by atoms with Crippen LogP contribution in [-0.4, -0.2) is 52.2 Å². The molecule has 2 aliphatic rings. The number of benzene rings is 1. The number of piperidine rings is 1. The predicted molar refractivity (Wildman–Crippen MR) is 128 cm³/mol. The van der Waals surface area contributed by atoms with Crippen molar-refractivity contribution >= 4 is 58.8 Å². The molecule has 2 N–H and O–H groups in total. The Hall–Kier alpha value is -1.70. The van der Waals surface area contributed by atoms with E-state index >= 15 is 0 Å². The fraction of sp³-hybridized carbons (Fsp3) is 0.522. The Kier molecular flexibility index (Phi) is 8.91. The van der Waals surface area contributed by atoms with E-state index in [4.69, 9.17) is 28.3 Å². The minimum atomic E-state index is -1.07. The Morgan fingerprint density at radius 3 is 2.41 bits per heavy atom. The van der Waals surface area contributed by atoms with Gasteiger partial charge in [-0.3, -0.25) is 14.4 Å². The van der Waals surface area contributed by atoms with Gasteiger partial charge in [-0.05, 0) is 50.3 Å². The zero-order valence-corrected chi connectivity index (χ0v) is 20.3. The van der Waals surface area contributed by atoms with E-state index in [2.05, 4.69) is 5.32 Å². The number of hydrogen-bond acceptors (Lipinski definition) is 4. The summed E-state index contributed by atoms with van der Waals surface area (Å²) >= 11 is 14.7. The molecule has 32 heavy (non-hydrogen) atoms. The average Bonchev–Trinajstić information content (AvgIpc) is 3.29. The van der Waals surface area contributed by atoms with Crippen LogP contribution in [0.3, 0.4) is 0 Å². The number of likely N-dealkylation sites (tertiary alicyclic amines) is 1. The summed E-state index contributed by atoms with van der Waals surface area (Å²) in [4.78, 5) is 38.3. The first-order valence-electron chi connectivity index (χ1n) is 10.9. The third kappa shape index (κ3) is 6.42. The van der Waals surface area contributed by atoms with Crippen LogP contribution in [0.15, 0.2) is 23.1 Å². The van der Waals surface area contributed by atoms with Crippen LogP contribution in [0.2, 0.25) is 10.0 Å². The molecule has 1 saturated carbocycles. The Morgan fingerprint density at radius 2 is 1.78 bits per heavy atom. The molecule has 6 nitrogen and oxygen atoms in total. The number of nitrogens with one attached hydrogen (secondary N) is 1. The van der Waals surface area contributed by atoms with Gasteiger partial charge in [-0.25, -0.2) is 0 Å². The second kappa shape index (κ2) is 11.4. The van der Waals surface area contributed by atoms with E-state index in [0.29, 0.717) is 46.8 Å². The van der Waals surface area contributed by atoms with E-state index in [1.165, 1.54) is 38.7 Å². The van der Waals surface area contributed by atoms with Crippen molar-refractivity contribution in [2.45, 2.75) is 61.6 Å². The van der Waals surface area contributed by atoms with Crippen molar-refractivity contribution in [3.8, 4) is 0 Å². The molecule has 0 bridgehead atoms. The van der Waals surface area contributed by atoms with Crippen LogP contribution in [0.1, 0.15) is 51.0 Å². The van der Waals surface area contributed by atoms with Gasteiger partial charge in [0, 0.05) is 35.2 Å². The lowest BCUT2D eigenvalue weighted by Gasteiger charge is -2.31. The Morgan fingerprint density at radius 1 is 1.12 bits per heavy atom. The first-order chi connectivity index (χ1) is 15.3. The van der Waals surface area contributed by atoms with Crippen molar-refractivity contribution in [2.75, 3.05) is 13.1 Å². The van der Waals surface area contributed by atoms with Crippen LogP contribution < -0.4 is 5.32 Å². The highest BCUT2D eigenvalue weighted by Crippen LogP contribution is 2.41. The van der Waals surface area contributed by atoms with Crippen molar-refractivity contribution in [2.24, 2.45) is 5.92 Å². The molecule has 1 unspecified atom stereocenters. The van der Waals surface area contributed by atoms with Gasteiger partial charge in [0.2, 0.25) is 11.8 Å². The average molecular weight is 499 g/mol. The molecule has 1 aromatic carbocycles. The predicted octanol–water partition coefficient (Wildman–Crippen LogP) is 4.87. The lowest BCUT2D eigenvalue weighted by Crippen LogP contribution is -2.46. The number of carbonyl (C=O) groups is 3. The number of hydrogen-bond donors (Lipinski definition) is 2. The lowest BCUT2D eigenvalue weighted by atomic mass is 9.95. The maximum absolute atomic E-state index is 12.6. The van der Waals surface area contributed by atoms with Gasteiger partial charge >= 0.3 is 5.97 Å². The molecule has 1 aliphatic carbocycles. The lowest BCUT2D eigenvalue weighted by molar-refractivity contribution is -0.142. The number of amides is 2. The SMILES string of the molecule is CC(NC(=O)C1CCN(C(=O)C=Cc2ccc(SC3CCCC3)c(Cl)c2Cl)CC1)C(=O)O. The summed E-state index contributed by atoms with van der Waals surface area (Å²) in [7, 11) is 0. The molecule has 1 heterocycles. The second-order valence-electron chi connectivity index (χ2n) is 8.31. The summed E-state index contributed by atoms with van der Waals surface area (Å²) in [5, 5.41) is 13.0. The van der Waals surface area contributed by atoms with Crippen LogP contribution in [0.4, 0.5) is 0 Å². The van der Waals surface area contributed by atoms with E-state index in [1.54, 1.807) is 22.7 Å². The molecule has 1 aromatic rings. The van der Waals surface area contributed by atoms with Gasteiger partial charge in [0.25, 0.3) is 0 Å². The third-order valence-corrected chi connectivity index (χ3v) is 8.39. The van der Waals surface area contributed by atoms with E-state index in [-0.39, 0.29) is 17.7 Å². The number of halogens is 2. The first-order valence-corrected chi connectivity index (χ1v) is 12.5.